The molecule has 0 bridgehead atoms. The number of ether oxygens (including phenoxy) is 1. The molecular weight excluding hydrogens is 298 g/mol. The summed E-state index contributed by atoms with van der Waals surface area (Å²) in [7, 11) is 0. The number of hydrogen-bond donors (Lipinski definition) is 0. The topological polar surface area (TPSA) is 29.5 Å². The van der Waals surface area contributed by atoms with Crippen molar-refractivity contribution >= 4 is 5.91 Å². The third-order valence-electron chi connectivity index (χ3n) is 5.14. The Balaban J connectivity index is 2.25. The summed E-state index contributed by atoms with van der Waals surface area (Å²) < 4.78 is 5.94. The maximum absolute atomic E-state index is 12.6. The quantitative estimate of drug-likeness (QED) is 0.379. The molecule has 1 aliphatic carbocycles. The van der Waals surface area contributed by atoms with Gasteiger partial charge in [0.2, 0.25) is 5.91 Å². The second-order valence-electron chi connectivity index (χ2n) is 7.38. The molecule has 0 spiro atoms. The largest absolute Gasteiger partial charge is 0.378 e. The molecular formula is C21H41NO2. The van der Waals surface area contributed by atoms with Crippen LogP contribution in [0.4, 0.5) is 0 Å². The predicted octanol–water partition coefficient (Wildman–Crippen LogP) is 5.72. The van der Waals surface area contributed by atoms with Crippen molar-refractivity contribution in [2.24, 2.45) is 0 Å². The zero-order valence-electron chi connectivity index (χ0n) is 16.4. The van der Waals surface area contributed by atoms with E-state index >= 15 is 0 Å². The van der Waals surface area contributed by atoms with E-state index in [1.54, 1.807) is 0 Å². The van der Waals surface area contributed by atoms with Crippen LogP contribution in [0.1, 0.15) is 104 Å². The van der Waals surface area contributed by atoms with Gasteiger partial charge < -0.3 is 9.64 Å². The van der Waals surface area contributed by atoms with Gasteiger partial charge in [-0.15, -0.1) is 0 Å². The Kier molecular flexibility index (Phi) is 13.2. The molecule has 0 heterocycles. The molecule has 3 heteroatoms. The van der Waals surface area contributed by atoms with E-state index in [0.29, 0.717) is 25.0 Å². The monoisotopic (exact) mass is 339 g/mol. The molecule has 142 valence electrons. The summed E-state index contributed by atoms with van der Waals surface area (Å²) in [5, 5.41) is 0. The van der Waals surface area contributed by atoms with E-state index in [9.17, 15) is 4.79 Å². The van der Waals surface area contributed by atoms with Crippen LogP contribution in [0.3, 0.4) is 0 Å². The Morgan fingerprint density at radius 1 is 0.875 bits per heavy atom. The molecule has 24 heavy (non-hydrogen) atoms. The van der Waals surface area contributed by atoms with Crippen molar-refractivity contribution in [3.8, 4) is 0 Å². The van der Waals surface area contributed by atoms with Crippen molar-refractivity contribution in [3.05, 3.63) is 0 Å². The van der Waals surface area contributed by atoms with Gasteiger partial charge in [0, 0.05) is 13.1 Å². The standard InChI is InChI=1S/C21H41NO2/c1-3-5-7-12-17-22(18-13-8-6-4-2)21(23)16-19-24-20-14-10-9-11-15-20/h20H,3-19H2,1-2H3. The van der Waals surface area contributed by atoms with Crippen LogP contribution in [-0.2, 0) is 9.53 Å². The second-order valence-corrected chi connectivity index (χ2v) is 7.38. The van der Waals surface area contributed by atoms with E-state index in [1.807, 2.05) is 0 Å². The predicted molar refractivity (Wildman–Crippen MR) is 102 cm³/mol. The van der Waals surface area contributed by atoms with Gasteiger partial charge in [0.25, 0.3) is 0 Å². The average Bonchev–Trinajstić information content (AvgIpc) is 2.61. The fraction of sp³-hybridized carbons (Fsp3) is 0.952. The van der Waals surface area contributed by atoms with Gasteiger partial charge in [-0.25, -0.2) is 0 Å². The third kappa shape index (κ3) is 10.3. The summed E-state index contributed by atoms with van der Waals surface area (Å²) in [5.74, 6) is 0.304. The van der Waals surface area contributed by atoms with Crippen molar-refractivity contribution < 1.29 is 9.53 Å². The number of carbonyl (C=O) groups is 1. The van der Waals surface area contributed by atoms with E-state index in [-0.39, 0.29) is 0 Å². The highest BCUT2D eigenvalue weighted by Gasteiger charge is 2.16. The van der Waals surface area contributed by atoms with E-state index in [1.165, 1.54) is 70.6 Å². The number of amides is 1. The van der Waals surface area contributed by atoms with Crippen LogP contribution in [0.25, 0.3) is 0 Å². The van der Waals surface area contributed by atoms with Crippen LogP contribution < -0.4 is 0 Å². The molecule has 1 aliphatic rings. The van der Waals surface area contributed by atoms with Gasteiger partial charge in [0.1, 0.15) is 0 Å². The van der Waals surface area contributed by atoms with E-state index in [4.69, 9.17) is 4.74 Å². The molecule has 0 aromatic rings. The minimum Gasteiger partial charge on any atom is -0.378 e. The molecule has 0 aliphatic heterocycles. The smallest absolute Gasteiger partial charge is 0.224 e. The third-order valence-corrected chi connectivity index (χ3v) is 5.14. The molecule has 1 saturated carbocycles. The Morgan fingerprint density at radius 2 is 1.46 bits per heavy atom. The lowest BCUT2D eigenvalue weighted by atomic mass is 9.98. The van der Waals surface area contributed by atoms with Gasteiger partial charge in [-0.3, -0.25) is 4.79 Å². The minimum atomic E-state index is 0.304. The van der Waals surface area contributed by atoms with Crippen LogP contribution in [-0.4, -0.2) is 36.6 Å². The highest BCUT2D eigenvalue weighted by Crippen LogP contribution is 2.20. The number of hydrogen-bond acceptors (Lipinski definition) is 2. The molecule has 0 atom stereocenters. The Labute approximate surface area is 150 Å². The summed E-state index contributed by atoms with van der Waals surface area (Å²) in [6.07, 6.45) is 17.1. The van der Waals surface area contributed by atoms with Gasteiger partial charge >= 0.3 is 0 Å². The molecule has 0 saturated heterocycles. The molecule has 0 unspecified atom stereocenters. The van der Waals surface area contributed by atoms with Crippen LogP contribution in [0.15, 0.2) is 0 Å². The molecule has 0 aromatic heterocycles. The lowest BCUT2D eigenvalue weighted by Gasteiger charge is -2.25. The Morgan fingerprint density at radius 3 is 2.00 bits per heavy atom. The molecule has 0 aromatic carbocycles. The van der Waals surface area contributed by atoms with Crippen molar-refractivity contribution in [1.29, 1.82) is 0 Å². The molecule has 0 radical (unpaired) electrons. The lowest BCUT2D eigenvalue weighted by molar-refractivity contribution is -0.133. The molecule has 1 fully saturated rings. The van der Waals surface area contributed by atoms with Crippen molar-refractivity contribution in [2.75, 3.05) is 19.7 Å². The van der Waals surface area contributed by atoms with E-state index < -0.39 is 0 Å². The van der Waals surface area contributed by atoms with Gasteiger partial charge in [0.15, 0.2) is 0 Å². The molecule has 3 nitrogen and oxygen atoms in total. The SMILES string of the molecule is CCCCCCN(CCCCCC)C(=O)CCOC1CCCCC1. The van der Waals surface area contributed by atoms with Crippen LogP contribution >= 0.6 is 0 Å². The average molecular weight is 340 g/mol. The van der Waals surface area contributed by atoms with E-state index in [0.717, 1.165) is 25.9 Å². The zero-order valence-corrected chi connectivity index (χ0v) is 16.4. The van der Waals surface area contributed by atoms with Crippen molar-refractivity contribution in [2.45, 2.75) is 110 Å². The first-order chi connectivity index (χ1) is 11.8. The summed E-state index contributed by atoms with van der Waals surface area (Å²) >= 11 is 0. The number of unbranched alkanes of at least 4 members (excludes halogenated alkanes) is 6. The lowest BCUT2D eigenvalue weighted by Crippen LogP contribution is -2.34. The second kappa shape index (κ2) is 14.7. The molecule has 0 N–H and O–H groups in total. The first-order valence-electron chi connectivity index (χ1n) is 10.7. The highest BCUT2D eigenvalue weighted by molar-refractivity contribution is 5.76. The first kappa shape index (κ1) is 21.5. The summed E-state index contributed by atoms with van der Waals surface area (Å²) in [6.45, 7) is 6.96. The van der Waals surface area contributed by atoms with Crippen LogP contribution in [0.5, 0.6) is 0 Å². The zero-order chi connectivity index (χ0) is 17.5. The fourth-order valence-corrected chi connectivity index (χ4v) is 3.52. The summed E-state index contributed by atoms with van der Waals surface area (Å²) in [4.78, 5) is 14.7. The fourth-order valence-electron chi connectivity index (χ4n) is 3.52. The Bertz CT molecular complexity index is 288. The highest BCUT2D eigenvalue weighted by atomic mass is 16.5. The summed E-state index contributed by atoms with van der Waals surface area (Å²) in [5.41, 5.74) is 0. The van der Waals surface area contributed by atoms with Gasteiger partial charge in [-0.2, -0.15) is 0 Å². The molecule has 1 rings (SSSR count). The maximum Gasteiger partial charge on any atom is 0.224 e. The van der Waals surface area contributed by atoms with Crippen molar-refractivity contribution in [1.82, 2.24) is 4.90 Å². The normalized spacial score (nSPS) is 15.6. The van der Waals surface area contributed by atoms with Crippen molar-refractivity contribution in [3.63, 3.8) is 0 Å². The number of rotatable bonds is 14. The number of carbonyl (C=O) groups excluding carboxylic acids is 1. The first-order valence-corrected chi connectivity index (χ1v) is 10.7. The number of nitrogens with zero attached hydrogens (tertiary/aromatic N) is 1. The van der Waals surface area contributed by atoms with Gasteiger partial charge in [-0.1, -0.05) is 71.6 Å². The summed E-state index contributed by atoms with van der Waals surface area (Å²) in [6, 6.07) is 0. The van der Waals surface area contributed by atoms with Crippen LogP contribution in [0.2, 0.25) is 0 Å². The van der Waals surface area contributed by atoms with Gasteiger partial charge in [0.05, 0.1) is 19.1 Å². The minimum absolute atomic E-state index is 0.304. The maximum atomic E-state index is 12.6. The molecule has 1 amide bonds. The van der Waals surface area contributed by atoms with Crippen LogP contribution in [0, 0.1) is 0 Å². The van der Waals surface area contributed by atoms with E-state index in [2.05, 4.69) is 18.7 Å². The van der Waals surface area contributed by atoms with Gasteiger partial charge in [-0.05, 0) is 25.7 Å². The Hall–Kier alpha value is -0.570.